The van der Waals surface area contributed by atoms with Crippen molar-refractivity contribution in [2.75, 3.05) is 33.0 Å². The summed E-state index contributed by atoms with van der Waals surface area (Å²) in [4.78, 5) is 4.35. The maximum Gasteiger partial charge on any atom is 0.189 e. The molecule has 0 saturated carbocycles. The predicted octanol–water partition coefficient (Wildman–Crippen LogP) is 1.45. The molecular weight excluding hydrogens is 397 g/mol. The number of nitrogens with one attached hydrogen (secondary N) is 1. The zero-order valence-electron chi connectivity index (χ0n) is 12.4. The molecule has 2 aliphatic rings. The molecule has 2 atom stereocenters. The lowest BCUT2D eigenvalue weighted by Crippen LogP contribution is -2.39. The van der Waals surface area contributed by atoms with Crippen LogP contribution in [0.5, 0.6) is 5.75 Å². The van der Waals surface area contributed by atoms with E-state index in [-0.39, 0.29) is 36.1 Å². The summed E-state index contributed by atoms with van der Waals surface area (Å²) in [6.45, 7) is 3.07. The second kappa shape index (κ2) is 8.54. The summed E-state index contributed by atoms with van der Waals surface area (Å²) in [6, 6.07) is 8.14. The van der Waals surface area contributed by atoms with E-state index in [2.05, 4.69) is 16.4 Å². The molecule has 0 amide bonds. The molecule has 0 radical (unpaired) electrons. The topological polar surface area (TPSA) is 78.1 Å². The quantitative estimate of drug-likeness (QED) is 0.441. The van der Waals surface area contributed by atoms with Gasteiger partial charge in [0.2, 0.25) is 0 Å². The maximum absolute atomic E-state index is 5.98. The lowest BCUT2D eigenvalue weighted by atomic mass is 10.0. The van der Waals surface area contributed by atoms with Gasteiger partial charge in [-0.05, 0) is 6.07 Å². The largest absolute Gasteiger partial charge is 0.493 e. The summed E-state index contributed by atoms with van der Waals surface area (Å²) >= 11 is 0. The van der Waals surface area contributed by atoms with Crippen LogP contribution in [0.15, 0.2) is 29.3 Å². The Morgan fingerprint density at radius 2 is 2.14 bits per heavy atom. The highest BCUT2D eigenvalue weighted by atomic mass is 127. The van der Waals surface area contributed by atoms with Crippen molar-refractivity contribution < 1.29 is 14.2 Å². The fourth-order valence-corrected chi connectivity index (χ4v) is 2.56. The number of guanidine groups is 1. The number of rotatable bonds is 3. The fourth-order valence-electron chi connectivity index (χ4n) is 2.56. The average Bonchev–Trinajstić information content (AvgIpc) is 2.54. The molecule has 0 spiro atoms. The van der Waals surface area contributed by atoms with E-state index in [1.807, 2.05) is 18.2 Å². The van der Waals surface area contributed by atoms with E-state index in [9.17, 15) is 0 Å². The van der Waals surface area contributed by atoms with Gasteiger partial charge in [0.1, 0.15) is 11.9 Å². The third-order valence-corrected chi connectivity index (χ3v) is 3.63. The van der Waals surface area contributed by atoms with E-state index in [4.69, 9.17) is 19.9 Å². The van der Waals surface area contributed by atoms with Crippen molar-refractivity contribution in [2.24, 2.45) is 10.7 Å². The summed E-state index contributed by atoms with van der Waals surface area (Å²) < 4.78 is 16.5. The van der Waals surface area contributed by atoms with Gasteiger partial charge < -0.3 is 25.3 Å². The van der Waals surface area contributed by atoms with E-state index < -0.39 is 0 Å². The normalized spacial score (nSPS) is 24.6. The van der Waals surface area contributed by atoms with E-state index in [0.717, 1.165) is 17.7 Å². The smallest absolute Gasteiger partial charge is 0.189 e. The Bertz CT molecular complexity index is 507. The summed E-state index contributed by atoms with van der Waals surface area (Å²) in [7, 11) is 0. The lowest BCUT2D eigenvalue weighted by Gasteiger charge is -2.27. The Morgan fingerprint density at radius 3 is 2.95 bits per heavy atom. The molecule has 22 heavy (non-hydrogen) atoms. The Kier molecular flexibility index (Phi) is 6.71. The Labute approximate surface area is 147 Å². The molecule has 7 heteroatoms. The lowest BCUT2D eigenvalue weighted by molar-refractivity contribution is -0.0832. The van der Waals surface area contributed by atoms with E-state index >= 15 is 0 Å². The summed E-state index contributed by atoms with van der Waals surface area (Å²) in [6.07, 6.45) is 0.872. The number of hydrogen-bond donors (Lipinski definition) is 2. The van der Waals surface area contributed by atoms with E-state index in [1.54, 1.807) is 0 Å². The molecule has 1 saturated heterocycles. The van der Waals surface area contributed by atoms with E-state index in [1.165, 1.54) is 0 Å². The van der Waals surface area contributed by atoms with Crippen molar-refractivity contribution in [2.45, 2.75) is 18.6 Å². The third-order valence-electron chi connectivity index (χ3n) is 3.63. The average molecular weight is 419 g/mol. The second-order valence-electron chi connectivity index (χ2n) is 5.17. The SMILES string of the molecule is I.NC(=NCC1COCCO1)NC1CCOc2ccccc21. The zero-order valence-corrected chi connectivity index (χ0v) is 14.7. The monoisotopic (exact) mass is 419 g/mol. The van der Waals surface area contributed by atoms with Gasteiger partial charge in [-0.1, -0.05) is 18.2 Å². The molecule has 1 fully saturated rings. The van der Waals surface area contributed by atoms with Crippen LogP contribution in [0.3, 0.4) is 0 Å². The van der Waals surface area contributed by atoms with Gasteiger partial charge >= 0.3 is 0 Å². The molecule has 3 rings (SSSR count). The van der Waals surface area contributed by atoms with Crippen LogP contribution >= 0.6 is 24.0 Å². The third kappa shape index (κ3) is 4.47. The van der Waals surface area contributed by atoms with Crippen molar-refractivity contribution in [3.63, 3.8) is 0 Å². The molecule has 2 unspecified atom stereocenters. The first kappa shape index (κ1) is 17.3. The highest BCUT2D eigenvalue weighted by Crippen LogP contribution is 2.31. The highest BCUT2D eigenvalue weighted by Gasteiger charge is 2.21. The Balaban J connectivity index is 0.00000176. The first-order chi connectivity index (χ1) is 10.3. The van der Waals surface area contributed by atoms with Crippen molar-refractivity contribution in [1.82, 2.24) is 5.32 Å². The molecule has 2 aliphatic heterocycles. The number of hydrogen-bond acceptors (Lipinski definition) is 4. The molecule has 0 aliphatic carbocycles. The molecule has 1 aromatic carbocycles. The van der Waals surface area contributed by atoms with Gasteiger partial charge in [0.25, 0.3) is 0 Å². The molecule has 2 heterocycles. The fraction of sp³-hybridized carbons (Fsp3) is 0.533. The second-order valence-corrected chi connectivity index (χ2v) is 5.17. The first-order valence-corrected chi connectivity index (χ1v) is 7.30. The summed E-state index contributed by atoms with van der Waals surface area (Å²) in [5.74, 6) is 1.35. The minimum atomic E-state index is 0. The molecule has 1 aromatic rings. The Hall–Kier alpha value is -1.06. The molecule has 0 aromatic heterocycles. The number of ether oxygens (including phenoxy) is 3. The van der Waals surface area contributed by atoms with Crippen LogP contribution < -0.4 is 15.8 Å². The van der Waals surface area contributed by atoms with E-state index in [0.29, 0.717) is 38.9 Å². The van der Waals surface area contributed by atoms with Gasteiger partial charge in [-0.2, -0.15) is 0 Å². The first-order valence-electron chi connectivity index (χ1n) is 7.30. The highest BCUT2D eigenvalue weighted by molar-refractivity contribution is 14.0. The van der Waals surface area contributed by atoms with Crippen LogP contribution in [0.2, 0.25) is 0 Å². The number of nitrogens with zero attached hydrogens (tertiary/aromatic N) is 1. The van der Waals surface area contributed by atoms with Crippen molar-refractivity contribution >= 4 is 29.9 Å². The van der Waals surface area contributed by atoms with Gasteiger partial charge in [-0.25, -0.2) is 0 Å². The van der Waals surface area contributed by atoms with Gasteiger partial charge in [0.15, 0.2) is 5.96 Å². The maximum atomic E-state index is 5.98. The minimum absolute atomic E-state index is 0. The van der Waals surface area contributed by atoms with Crippen LogP contribution in [0.1, 0.15) is 18.0 Å². The van der Waals surface area contributed by atoms with Crippen LogP contribution in [-0.2, 0) is 9.47 Å². The molecular formula is C15H22IN3O3. The van der Waals surface area contributed by atoms with Crippen molar-refractivity contribution in [3.05, 3.63) is 29.8 Å². The van der Waals surface area contributed by atoms with Gasteiger partial charge in [-0.15, -0.1) is 24.0 Å². The standard InChI is InChI=1S/C15H21N3O3.HI/c16-15(17-9-11-10-19-7-8-20-11)18-13-5-6-21-14-4-2-1-3-12(13)14;/h1-4,11,13H,5-10H2,(H3,16,17,18);1H. The number of nitrogens with two attached hydrogens (primary N) is 1. The molecule has 6 nitrogen and oxygen atoms in total. The summed E-state index contributed by atoms with van der Waals surface area (Å²) in [5.41, 5.74) is 7.10. The number of fused-ring (bicyclic) bond motifs is 1. The minimum Gasteiger partial charge on any atom is -0.493 e. The number of aliphatic imine (C=N–C) groups is 1. The molecule has 122 valence electrons. The summed E-state index contributed by atoms with van der Waals surface area (Å²) in [5, 5.41) is 3.27. The van der Waals surface area contributed by atoms with Crippen LogP contribution in [0.4, 0.5) is 0 Å². The zero-order chi connectivity index (χ0) is 14.5. The van der Waals surface area contributed by atoms with Crippen molar-refractivity contribution in [3.8, 4) is 5.75 Å². The van der Waals surface area contributed by atoms with Crippen LogP contribution in [0, 0.1) is 0 Å². The predicted molar refractivity (Wildman–Crippen MR) is 94.9 cm³/mol. The van der Waals surface area contributed by atoms with Crippen LogP contribution in [-0.4, -0.2) is 45.0 Å². The van der Waals surface area contributed by atoms with Gasteiger partial charge in [-0.3, -0.25) is 4.99 Å². The van der Waals surface area contributed by atoms with Crippen molar-refractivity contribution in [1.29, 1.82) is 0 Å². The molecule has 3 N–H and O–H groups in total. The Morgan fingerprint density at radius 1 is 1.27 bits per heavy atom. The number of benzene rings is 1. The number of halogens is 1. The van der Waals surface area contributed by atoms with Gasteiger partial charge in [0.05, 0.1) is 39.0 Å². The molecule has 0 bridgehead atoms. The number of para-hydroxylation sites is 1. The van der Waals surface area contributed by atoms with Gasteiger partial charge in [0, 0.05) is 12.0 Å². The van der Waals surface area contributed by atoms with Crippen LogP contribution in [0.25, 0.3) is 0 Å².